The SMILES string of the molecule is CC(C)(C)c1ccc(CC(C(N)=O)(c2cccc(Cl)c2)N2CCCc3cccc(C(=O)O)c32)cc1. The van der Waals surface area contributed by atoms with Crippen molar-refractivity contribution in [2.24, 2.45) is 5.73 Å². The van der Waals surface area contributed by atoms with Gasteiger partial charge in [-0.2, -0.15) is 0 Å². The Balaban J connectivity index is 1.95. The second kappa shape index (κ2) is 9.38. The van der Waals surface area contributed by atoms with E-state index in [1.165, 1.54) is 5.56 Å². The molecule has 0 radical (unpaired) electrons. The number of carbonyl (C=O) groups is 2. The first-order chi connectivity index (χ1) is 16.5. The summed E-state index contributed by atoms with van der Waals surface area (Å²) in [6, 6.07) is 20.6. The van der Waals surface area contributed by atoms with Crippen LogP contribution >= 0.6 is 11.6 Å². The molecular formula is C29H31ClN2O3. The van der Waals surface area contributed by atoms with Gasteiger partial charge in [-0.3, -0.25) is 4.79 Å². The molecule has 1 aliphatic heterocycles. The lowest BCUT2D eigenvalue weighted by atomic mass is 9.78. The first kappa shape index (κ1) is 24.8. The largest absolute Gasteiger partial charge is 0.478 e. The molecule has 0 aliphatic carbocycles. The second-order valence-corrected chi connectivity index (χ2v) is 10.7. The fourth-order valence-corrected chi connectivity index (χ4v) is 5.28. The lowest BCUT2D eigenvalue weighted by molar-refractivity contribution is -0.123. The van der Waals surface area contributed by atoms with Crippen LogP contribution in [-0.2, 0) is 28.6 Å². The van der Waals surface area contributed by atoms with Gasteiger partial charge in [0.1, 0.15) is 5.54 Å². The summed E-state index contributed by atoms with van der Waals surface area (Å²) in [6.07, 6.45) is 1.78. The average Bonchev–Trinajstić information content (AvgIpc) is 2.81. The fraction of sp³-hybridized carbons (Fsp3) is 0.310. The van der Waals surface area contributed by atoms with Gasteiger partial charge in [-0.1, -0.05) is 80.9 Å². The molecule has 6 heteroatoms. The number of fused-ring (bicyclic) bond motifs is 1. The van der Waals surface area contributed by atoms with Crippen LogP contribution in [0.15, 0.2) is 66.7 Å². The molecule has 0 saturated carbocycles. The Morgan fingerprint density at radius 2 is 1.69 bits per heavy atom. The Bertz CT molecular complexity index is 1260. The number of halogens is 1. The Morgan fingerprint density at radius 3 is 2.29 bits per heavy atom. The zero-order valence-electron chi connectivity index (χ0n) is 20.3. The molecule has 4 rings (SSSR count). The number of carboxylic acid groups (broad SMARTS) is 1. The summed E-state index contributed by atoms with van der Waals surface area (Å²) in [6.45, 7) is 6.95. The van der Waals surface area contributed by atoms with Crippen molar-refractivity contribution in [2.75, 3.05) is 11.4 Å². The van der Waals surface area contributed by atoms with Crippen LogP contribution in [0, 0.1) is 0 Å². The minimum absolute atomic E-state index is 0.00550. The maximum atomic E-state index is 13.5. The van der Waals surface area contributed by atoms with Gasteiger partial charge in [0.05, 0.1) is 11.3 Å². The van der Waals surface area contributed by atoms with Gasteiger partial charge < -0.3 is 15.7 Å². The van der Waals surface area contributed by atoms with Crippen LogP contribution in [0.4, 0.5) is 5.69 Å². The van der Waals surface area contributed by atoms with Crippen LogP contribution < -0.4 is 10.6 Å². The van der Waals surface area contributed by atoms with E-state index in [1.54, 1.807) is 30.3 Å². The van der Waals surface area contributed by atoms with Crippen molar-refractivity contribution in [1.29, 1.82) is 0 Å². The van der Waals surface area contributed by atoms with Crippen molar-refractivity contribution in [3.05, 3.63) is 99.6 Å². The number of carboxylic acids is 1. The molecule has 182 valence electrons. The van der Waals surface area contributed by atoms with E-state index in [1.807, 2.05) is 29.2 Å². The molecule has 1 amide bonds. The predicted molar refractivity (Wildman–Crippen MR) is 140 cm³/mol. The predicted octanol–water partition coefficient (Wildman–Crippen LogP) is 5.71. The maximum absolute atomic E-state index is 13.5. The highest BCUT2D eigenvalue weighted by Crippen LogP contribution is 2.43. The van der Waals surface area contributed by atoms with Crippen LogP contribution in [0.2, 0.25) is 5.02 Å². The average molecular weight is 491 g/mol. The number of para-hydroxylation sites is 1. The van der Waals surface area contributed by atoms with Crippen molar-refractivity contribution in [3.63, 3.8) is 0 Å². The summed E-state index contributed by atoms with van der Waals surface area (Å²) in [5.41, 5.74) is 9.28. The summed E-state index contributed by atoms with van der Waals surface area (Å²) in [4.78, 5) is 27.7. The first-order valence-electron chi connectivity index (χ1n) is 11.8. The fourth-order valence-electron chi connectivity index (χ4n) is 5.09. The minimum atomic E-state index is -1.32. The standard InChI is InChI=1S/C29H31ClN2O3/c1-28(2,3)21-14-12-19(13-15-21)18-29(27(31)35,22-9-5-10-23(30)17-22)32-16-6-8-20-7-4-11-24(25(20)32)26(33)34/h4-5,7,9-15,17H,6,8,16,18H2,1-3H3,(H2,31,35)(H,33,34). The van der Waals surface area contributed by atoms with E-state index in [0.29, 0.717) is 22.8 Å². The number of anilines is 1. The second-order valence-electron chi connectivity index (χ2n) is 10.2. The molecule has 3 aromatic carbocycles. The number of carbonyl (C=O) groups excluding carboxylic acids is 1. The van der Waals surface area contributed by atoms with E-state index in [-0.39, 0.29) is 17.4 Å². The lowest BCUT2D eigenvalue weighted by Gasteiger charge is -2.47. The molecule has 35 heavy (non-hydrogen) atoms. The number of benzene rings is 3. The third kappa shape index (κ3) is 4.65. The van der Waals surface area contributed by atoms with Gasteiger partial charge in [0.25, 0.3) is 0 Å². The molecule has 1 atom stereocenters. The molecule has 0 fully saturated rings. The van der Waals surface area contributed by atoms with Crippen molar-refractivity contribution in [2.45, 2.75) is 51.0 Å². The number of nitrogens with two attached hydrogens (primary N) is 1. The summed E-state index contributed by atoms with van der Waals surface area (Å²) < 4.78 is 0. The summed E-state index contributed by atoms with van der Waals surface area (Å²) in [7, 11) is 0. The number of primary amides is 1. The van der Waals surface area contributed by atoms with Gasteiger partial charge in [-0.05, 0) is 58.7 Å². The number of hydrogen-bond donors (Lipinski definition) is 2. The number of amides is 1. The molecule has 5 nitrogen and oxygen atoms in total. The molecule has 3 aromatic rings. The highest BCUT2D eigenvalue weighted by Gasteiger charge is 2.47. The van der Waals surface area contributed by atoms with Gasteiger partial charge >= 0.3 is 5.97 Å². The van der Waals surface area contributed by atoms with Crippen LogP contribution in [0.5, 0.6) is 0 Å². The quantitative estimate of drug-likeness (QED) is 0.463. The molecule has 1 unspecified atom stereocenters. The molecule has 0 bridgehead atoms. The number of hydrogen-bond acceptors (Lipinski definition) is 3. The zero-order valence-corrected chi connectivity index (χ0v) is 21.1. The number of nitrogens with zero attached hydrogens (tertiary/aromatic N) is 1. The molecule has 0 spiro atoms. The number of rotatable bonds is 6. The summed E-state index contributed by atoms with van der Waals surface area (Å²) in [5, 5.41) is 10.5. The number of aromatic carboxylic acids is 1. The lowest BCUT2D eigenvalue weighted by Crippen LogP contribution is -2.58. The smallest absolute Gasteiger partial charge is 0.337 e. The molecule has 3 N–H and O–H groups in total. The van der Waals surface area contributed by atoms with E-state index in [9.17, 15) is 14.7 Å². The van der Waals surface area contributed by atoms with Crippen LogP contribution in [-0.4, -0.2) is 23.5 Å². The van der Waals surface area contributed by atoms with E-state index in [2.05, 4.69) is 32.9 Å². The van der Waals surface area contributed by atoms with Gasteiger partial charge in [-0.15, -0.1) is 0 Å². The molecule has 1 aliphatic rings. The third-order valence-corrected chi connectivity index (χ3v) is 7.13. The zero-order chi connectivity index (χ0) is 25.4. The molecular weight excluding hydrogens is 460 g/mol. The van der Waals surface area contributed by atoms with Crippen LogP contribution in [0.3, 0.4) is 0 Å². The van der Waals surface area contributed by atoms with Gasteiger partial charge in [0, 0.05) is 18.0 Å². The third-order valence-electron chi connectivity index (χ3n) is 6.90. The van der Waals surface area contributed by atoms with E-state index >= 15 is 0 Å². The Kier molecular flexibility index (Phi) is 6.65. The first-order valence-corrected chi connectivity index (χ1v) is 12.2. The Morgan fingerprint density at radius 1 is 1.00 bits per heavy atom. The minimum Gasteiger partial charge on any atom is -0.478 e. The molecule has 0 saturated heterocycles. The topological polar surface area (TPSA) is 83.6 Å². The number of aryl methyl sites for hydroxylation is 1. The van der Waals surface area contributed by atoms with Crippen molar-refractivity contribution in [3.8, 4) is 0 Å². The Hall–Kier alpha value is -3.31. The Labute approximate surface area is 211 Å². The highest BCUT2D eigenvalue weighted by molar-refractivity contribution is 6.30. The normalized spacial score (nSPS) is 15.3. The monoisotopic (exact) mass is 490 g/mol. The van der Waals surface area contributed by atoms with E-state index in [4.69, 9.17) is 17.3 Å². The van der Waals surface area contributed by atoms with Crippen molar-refractivity contribution >= 4 is 29.2 Å². The summed E-state index contributed by atoms with van der Waals surface area (Å²) >= 11 is 6.39. The summed E-state index contributed by atoms with van der Waals surface area (Å²) in [5.74, 6) is -1.58. The van der Waals surface area contributed by atoms with Crippen molar-refractivity contribution < 1.29 is 14.7 Å². The molecule has 1 heterocycles. The van der Waals surface area contributed by atoms with Crippen LogP contribution in [0.1, 0.15) is 59.8 Å². The van der Waals surface area contributed by atoms with Crippen LogP contribution in [0.25, 0.3) is 0 Å². The maximum Gasteiger partial charge on any atom is 0.337 e. The van der Waals surface area contributed by atoms with E-state index in [0.717, 1.165) is 24.0 Å². The van der Waals surface area contributed by atoms with E-state index < -0.39 is 17.4 Å². The molecule has 0 aromatic heterocycles. The highest BCUT2D eigenvalue weighted by atomic mass is 35.5. The van der Waals surface area contributed by atoms with Crippen molar-refractivity contribution in [1.82, 2.24) is 0 Å². The van der Waals surface area contributed by atoms with Gasteiger partial charge in [-0.25, -0.2) is 4.79 Å². The van der Waals surface area contributed by atoms with Gasteiger partial charge in [0.15, 0.2) is 0 Å². The van der Waals surface area contributed by atoms with Gasteiger partial charge in [0.2, 0.25) is 5.91 Å².